The Labute approximate surface area is 118 Å². The first kappa shape index (κ1) is 13.6. The molecular formula is C16H20FNO2. The molecule has 1 aromatic carbocycles. The number of nitrogens with zero attached hydrogens (tertiary/aromatic N) is 1. The summed E-state index contributed by atoms with van der Waals surface area (Å²) in [4.78, 5) is 15.0. The van der Waals surface area contributed by atoms with E-state index in [0.29, 0.717) is 23.4 Å². The fourth-order valence-corrected chi connectivity index (χ4v) is 3.68. The number of fused-ring (bicyclic) bond motifs is 2. The standard InChI is InChI=1S/C16H20FNO2/c1-18-13-3-4-14(18)7-11(6-13)16(19)10-5-12(17)9-15(8-10)20-2/h5,8-9,11,13-14H,3-4,6-7H2,1-2H3. The molecule has 0 saturated carbocycles. The summed E-state index contributed by atoms with van der Waals surface area (Å²) in [5.41, 5.74) is 0.441. The van der Waals surface area contributed by atoms with Crippen LogP contribution in [-0.2, 0) is 0 Å². The Bertz CT molecular complexity index is 517. The van der Waals surface area contributed by atoms with Crippen molar-refractivity contribution in [2.75, 3.05) is 14.2 Å². The van der Waals surface area contributed by atoms with Crippen molar-refractivity contribution >= 4 is 5.78 Å². The molecule has 0 spiro atoms. The molecule has 0 amide bonds. The van der Waals surface area contributed by atoms with Crippen LogP contribution < -0.4 is 4.74 Å². The highest BCUT2D eigenvalue weighted by Gasteiger charge is 2.41. The number of carbonyl (C=O) groups is 1. The van der Waals surface area contributed by atoms with Gasteiger partial charge in [0.25, 0.3) is 0 Å². The SMILES string of the molecule is COc1cc(F)cc(C(=O)C2CC3CCC(C2)N3C)c1. The molecule has 2 fully saturated rings. The van der Waals surface area contributed by atoms with Gasteiger partial charge in [0, 0.05) is 29.6 Å². The average molecular weight is 277 g/mol. The summed E-state index contributed by atoms with van der Waals surface area (Å²) in [6.45, 7) is 0. The molecule has 2 unspecified atom stereocenters. The fourth-order valence-electron chi connectivity index (χ4n) is 3.68. The van der Waals surface area contributed by atoms with Gasteiger partial charge in [0.15, 0.2) is 5.78 Å². The van der Waals surface area contributed by atoms with Crippen LogP contribution in [0.3, 0.4) is 0 Å². The van der Waals surface area contributed by atoms with Crippen molar-refractivity contribution in [1.29, 1.82) is 0 Å². The zero-order valence-electron chi connectivity index (χ0n) is 11.9. The average Bonchev–Trinajstić information content (AvgIpc) is 2.67. The van der Waals surface area contributed by atoms with E-state index in [-0.39, 0.29) is 11.7 Å². The molecule has 2 heterocycles. The number of rotatable bonds is 3. The number of benzene rings is 1. The highest BCUT2D eigenvalue weighted by atomic mass is 19.1. The molecule has 0 N–H and O–H groups in total. The summed E-state index contributed by atoms with van der Waals surface area (Å²) in [7, 11) is 3.63. The van der Waals surface area contributed by atoms with Crippen LogP contribution in [0.25, 0.3) is 0 Å². The molecular weight excluding hydrogens is 257 g/mol. The van der Waals surface area contributed by atoms with E-state index in [9.17, 15) is 9.18 Å². The monoisotopic (exact) mass is 277 g/mol. The lowest BCUT2D eigenvalue weighted by Gasteiger charge is -2.35. The number of ketones is 1. The number of Topliss-reactive ketones (excluding diaryl/α,β-unsaturated/α-hetero) is 1. The molecule has 0 aliphatic carbocycles. The maximum atomic E-state index is 13.5. The van der Waals surface area contributed by atoms with E-state index in [1.807, 2.05) is 0 Å². The summed E-state index contributed by atoms with van der Waals surface area (Å²) < 4.78 is 18.6. The van der Waals surface area contributed by atoms with Crippen molar-refractivity contribution in [3.05, 3.63) is 29.6 Å². The molecule has 3 rings (SSSR count). The summed E-state index contributed by atoms with van der Waals surface area (Å²) in [5.74, 6) is 0.0795. The molecule has 0 radical (unpaired) electrons. The van der Waals surface area contributed by atoms with Crippen molar-refractivity contribution in [3.8, 4) is 5.75 Å². The van der Waals surface area contributed by atoms with Gasteiger partial charge in [-0.1, -0.05) is 0 Å². The van der Waals surface area contributed by atoms with Crippen molar-refractivity contribution in [2.24, 2.45) is 5.92 Å². The number of hydrogen-bond donors (Lipinski definition) is 0. The third kappa shape index (κ3) is 2.33. The molecule has 20 heavy (non-hydrogen) atoms. The van der Waals surface area contributed by atoms with Crippen LogP contribution in [0.1, 0.15) is 36.0 Å². The van der Waals surface area contributed by atoms with Gasteiger partial charge in [-0.3, -0.25) is 4.79 Å². The maximum absolute atomic E-state index is 13.5. The van der Waals surface area contributed by atoms with Crippen LogP contribution in [0, 0.1) is 11.7 Å². The Hall–Kier alpha value is -1.42. The van der Waals surface area contributed by atoms with E-state index in [1.54, 1.807) is 6.07 Å². The van der Waals surface area contributed by atoms with Crippen molar-refractivity contribution in [3.63, 3.8) is 0 Å². The number of methoxy groups -OCH3 is 1. The quantitative estimate of drug-likeness (QED) is 0.796. The van der Waals surface area contributed by atoms with Gasteiger partial charge in [-0.05, 0) is 44.9 Å². The summed E-state index contributed by atoms with van der Waals surface area (Å²) in [6.07, 6.45) is 4.14. The molecule has 3 nitrogen and oxygen atoms in total. The molecule has 1 aromatic rings. The Morgan fingerprint density at radius 2 is 1.90 bits per heavy atom. The van der Waals surface area contributed by atoms with Gasteiger partial charge in [-0.2, -0.15) is 0 Å². The molecule has 108 valence electrons. The second kappa shape index (κ2) is 5.17. The number of halogens is 1. The zero-order valence-corrected chi connectivity index (χ0v) is 11.9. The lowest BCUT2D eigenvalue weighted by Crippen LogP contribution is -2.42. The smallest absolute Gasteiger partial charge is 0.166 e. The first-order valence-corrected chi connectivity index (χ1v) is 7.19. The molecule has 2 atom stereocenters. The highest BCUT2D eigenvalue weighted by molar-refractivity contribution is 5.98. The van der Waals surface area contributed by atoms with Crippen LogP contribution >= 0.6 is 0 Å². The number of ether oxygens (including phenoxy) is 1. The number of hydrogen-bond acceptors (Lipinski definition) is 3. The van der Waals surface area contributed by atoms with E-state index in [1.165, 1.54) is 32.1 Å². The lowest BCUT2D eigenvalue weighted by molar-refractivity contribution is 0.0766. The first-order valence-electron chi connectivity index (χ1n) is 7.19. The normalized spacial score (nSPS) is 29.4. The number of piperidine rings is 1. The fraction of sp³-hybridized carbons (Fsp3) is 0.562. The molecule has 2 aliphatic rings. The predicted molar refractivity (Wildman–Crippen MR) is 74.6 cm³/mol. The number of carbonyl (C=O) groups excluding carboxylic acids is 1. The van der Waals surface area contributed by atoms with Gasteiger partial charge >= 0.3 is 0 Å². The third-order valence-electron chi connectivity index (χ3n) is 4.86. The van der Waals surface area contributed by atoms with Crippen molar-refractivity contribution in [1.82, 2.24) is 4.90 Å². The minimum atomic E-state index is -0.413. The molecule has 0 aromatic heterocycles. The van der Waals surface area contributed by atoms with Gasteiger partial charge in [0.05, 0.1) is 7.11 Å². The zero-order chi connectivity index (χ0) is 14.3. The molecule has 2 aliphatic heterocycles. The van der Waals surface area contributed by atoms with Crippen molar-refractivity contribution < 1.29 is 13.9 Å². The van der Waals surface area contributed by atoms with Gasteiger partial charge in [0.2, 0.25) is 0 Å². The van der Waals surface area contributed by atoms with E-state index in [0.717, 1.165) is 12.8 Å². The van der Waals surface area contributed by atoms with Crippen LogP contribution in [0.2, 0.25) is 0 Å². The topological polar surface area (TPSA) is 29.5 Å². The molecule has 2 bridgehead atoms. The predicted octanol–water partition coefficient (Wildman–Crippen LogP) is 2.89. The first-order chi connectivity index (χ1) is 9.58. The van der Waals surface area contributed by atoms with Crippen LogP contribution in [-0.4, -0.2) is 36.9 Å². The van der Waals surface area contributed by atoms with Gasteiger partial charge < -0.3 is 9.64 Å². The van der Waals surface area contributed by atoms with Crippen LogP contribution in [0.15, 0.2) is 18.2 Å². The van der Waals surface area contributed by atoms with Gasteiger partial charge in [0.1, 0.15) is 11.6 Å². The third-order valence-corrected chi connectivity index (χ3v) is 4.86. The van der Waals surface area contributed by atoms with E-state index in [4.69, 9.17) is 4.74 Å². The van der Waals surface area contributed by atoms with E-state index >= 15 is 0 Å². The highest BCUT2D eigenvalue weighted by Crippen LogP contribution is 2.38. The second-order valence-electron chi connectivity index (χ2n) is 5.96. The second-order valence-corrected chi connectivity index (χ2v) is 5.96. The minimum absolute atomic E-state index is 0.0233. The van der Waals surface area contributed by atoms with Gasteiger partial charge in [-0.25, -0.2) is 4.39 Å². The largest absolute Gasteiger partial charge is 0.497 e. The van der Waals surface area contributed by atoms with Crippen molar-refractivity contribution in [2.45, 2.75) is 37.8 Å². The maximum Gasteiger partial charge on any atom is 0.166 e. The summed E-state index contributed by atoms with van der Waals surface area (Å²) >= 11 is 0. The Morgan fingerprint density at radius 1 is 1.25 bits per heavy atom. The minimum Gasteiger partial charge on any atom is -0.497 e. The van der Waals surface area contributed by atoms with Gasteiger partial charge in [-0.15, -0.1) is 0 Å². The van der Waals surface area contributed by atoms with Crippen LogP contribution in [0.4, 0.5) is 4.39 Å². The van der Waals surface area contributed by atoms with E-state index < -0.39 is 5.82 Å². The Balaban J connectivity index is 1.81. The molecule has 4 heteroatoms. The Kier molecular flexibility index (Phi) is 3.50. The van der Waals surface area contributed by atoms with E-state index in [2.05, 4.69) is 11.9 Å². The van der Waals surface area contributed by atoms with Crippen LogP contribution in [0.5, 0.6) is 5.75 Å². The Morgan fingerprint density at radius 3 is 2.50 bits per heavy atom. The summed E-state index contributed by atoms with van der Waals surface area (Å²) in [6, 6.07) is 5.29. The summed E-state index contributed by atoms with van der Waals surface area (Å²) in [5, 5.41) is 0. The molecule has 2 saturated heterocycles. The lowest BCUT2D eigenvalue weighted by atomic mass is 9.85.